The molecule has 8 nitrogen and oxygen atoms in total. The molecule has 10 heteroatoms. The van der Waals surface area contributed by atoms with Crippen LogP contribution in [-0.4, -0.2) is 36.4 Å². The highest BCUT2D eigenvalue weighted by atomic mass is 79.9. The van der Waals surface area contributed by atoms with Gasteiger partial charge in [0.1, 0.15) is 5.58 Å². The van der Waals surface area contributed by atoms with E-state index in [4.69, 9.17) is 30.6 Å². The predicted molar refractivity (Wildman–Crippen MR) is 115 cm³/mol. The largest absolute Gasteiger partial charge is 0.490 e. The molecule has 3 aromatic rings. The summed E-state index contributed by atoms with van der Waals surface area (Å²) in [5.74, 6) is -1.15. The van der Waals surface area contributed by atoms with Crippen LogP contribution in [0.2, 0.25) is 5.02 Å². The molecular formula is C20H16BrClN2O6. The summed E-state index contributed by atoms with van der Waals surface area (Å²) in [7, 11) is 0. The van der Waals surface area contributed by atoms with Crippen molar-refractivity contribution in [1.82, 2.24) is 5.43 Å². The Labute approximate surface area is 184 Å². The summed E-state index contributed by atoms with van der Waals surface area (Å²) in [5, 5.41) is 13.6. The highest BCUT2D eigenvalue weighted by Gasteiger charge is 2.14. The third kappa shape index (κ3) is 5.31. The van der Waals surface area contributed by atoms with Gasteiger partial charge in [0.2, 0.25) is 0 Å². The molecule has 3 rings (SSSR count). The third-order valence-electron chi connectivity index (χ3n) is 3.75. The lowest BCUT2D eigenvalue weighted by atomic mass is 10.2. The van der Waals surface area contributed by atoms with Crippen LogP contribution in [0.3, 0.4) is 0 Å². The number of hydrazone groups is 1. The van der Waals surface area contributed by atoms with Crippen molar-refractivity contribution < 1.29 is 28.6 Å². The first-order chi connectivity index (χ1) is 14.4. The Morgan fingerprint density at radius 1 is 1.27 bits per heavy atom. The zero-order valence-corrected chi connectivity index (χ0v) is 18.0. The highest BCUT2D eigenvalue weighted by molar-refractivity contribution is 9.10. The first-order valence-electron chi connectivity index (χ1n) is 8.70. The number of benzene rings is 2. The average Bonchev–Trinajstić information content (AvgIpc) is 3.10. The zero-order chi connectivity index (χ0) is 21.7. The molecule has 0 fully saturated rings. The summed E-state index contributed by atoms with van der Waals surface area (Å²) < 4.78 is 17.0. The fourth-order valence-electron chi connectivity index (χ4n) is 2.55. The Morgan fingerprint density at radius 3 is 2.80 bits per heavy atom. The van der Waals surface area contributed by atoms with Gasteiger partial charge < -0.3 is 19.0 Å². The van der Waals surface area contributed by atoms with E-state index in [-0.39, 0.29) is 22.3 Å². The van der Waals surface area contributed by atoms with E-state index in [1.54, 1.807) is 25.1 Å². The van der Waals surface area contributed by atoms with Crippen LogP contribution in [0.5, 0.6) is 11.5 Å². The minimum atomic E-state index is -1.14. The lowest BCUT2D eigenvalue weighted by molar-refractivity contribution is -0.139. The minimum absolute atomic E-state index is 0.116. The number of halogens is 2. The van der Waals surface area contributed by atoms with Crippen LogP contribution in [0.4, 0.5) is 0 Å². The van der Waals surface area contributed by atoms with Gasteiger partial charge in [-0.3, -0.25) is 4.79 Å². The summed E-state index contributed by atoms with van der Waals surface area (Å²) in [4.78, 5) is 23.0. The second-order valence-corrected chi connectivity index (χ2v) is 7.26. The van der Waals surface area contributed by atoms with Crippen molar-refractivity contribution in [3.8, 4) is 11.5 Å². The van der Waals surface area contributed by atoms with Crippen LogP contribution < -0.4 is 14.9 Å². The smallest absolute Gasteiger partial charge is 0.341 e. The lowest BCUT2D eigenvalue weighted by Crippen LogP contribution is -2.16. The van der Waals surface area contributed by atoms with Gasteiger partial charge in [0.05, 0.1) is 17.8 Å². The van der Waals surface area contributed by atoms with E-state index in [1.165, 1.54) is 12.3 Å². The number of furan rings is 1. The normalized spacial score (nSPS) is 11.0. The molecule has 0 radical (unpaired) electrons. The summed E-state index contributed by atoms with van der Waals surface area (Å²) in [5.41, 5.74) is 3.48. The molecule has 2 N–H and O–H groups in total. The van der Waals surface area contributed by atoms with Gasteiger partial charge in [0.15, 0.2) is 23.9 Å². The molecular weight excluding hydrogens is 480 g/mol. The van der Waals surface area contributed by atoms with Gasteiger partial charge in [-0.25, -0.2) is 10.2 Å². The molecule has 156 valence electrons. The van der Waals surface area contributed by atoms with Gasteiger partial charge in [0, 0.05) is 9.86 Å². The summed E-state index contributed by atoms with van der Waals surface area (Å²) in [6, 6.07) is 10.1. The van der Waals surface area contributed by atoms with Crippen LogP contribution in [-0.2, 0) is 4.79 Å². The Kier molecular flexibility index (Phi) is 6.96. The molecule has 0 atom stereocenters. The maximum atomic E-state index is 12.3. The van der Waals surface area contributed by atoms with Crippen molar-refractivity contribution in [2.75, 3.05) is 13.2 Å². The number of carboxylic acid groups (broad SMARTS) is 1. The van der Waals surface area contributed by atoms with E-state index in [0.29, 0.717) is 17.8 Å². The number of carbonyl (C=O) groups excluding carboxylic acids is 1. The van der Waals surface area contributed by atoms with Gasteiger partial charge in [-0.1, -0.05) is 27.5 Å². The first kappa shape index (κ1) is 21.7. The maximum Gasteiger partial charge on any atom is 0.341 e. The van der Waals surface area contributed by atoms with Crippen molar-refractivity contribution in [2.24, 2.45) is 5.10 Å². The number of amides is 1. The molecule has 0 unspecified atom stereocenters. The molecule has 2 aromatic carbocycles. The van der Waals surface area contributed by atoms with E-state index in [1.807, 2.05) is 12.1 Å². The van der Waals surface area contributed by atoms with Gasteiger partial charge in [-0.15, -0.1) is 0 Å². The van der Waals surface area contributed by atoms with Gasteiger partial charge in [0.25, 0.3) is 0 Å². The molecule has 1 heterocycles. The molecule has 0 saturated heterocycles. The highest BCUT2D eigenvalue weighted by Crippen LogP contribution is 2.36. The van der Waals surface area contributed by atoms with Gasteiger partial charge in [-0.2, -0.15) is 5.10 Å². The quantitative estimate of drug-likeness (QED) is 0.352. The Balaban J connectivity index is 1.74. The number of aliphatic carboxylic acids is 1. The van der Waals surface area contributed by atoms with Gasteiger partial charge >= 0.3 is 11.9 Å². The van der Waals surface area contributed by atoms with Crippen molar-refractivity contribution in [3.05, 3.63) is 57.2 Å². The number of rotatable bonds is 8. The van der Waals surface area contributed by atoms with E-state index in [2.05, 4.69) is 26.5 Å². The number of ether oxygens (including phenoxy) is 2. The number of nitrogens with zero attached hydrogens (tertiary/aromatic N) is 1. The number of hydrogen-bond acceptors (Lipinski definition) is 6. The van der Waals surface area contributed by atoms with Crippen molar-refractivity contribution in [3.63, 3.8) is 0 Å². The summed E-state index contributed by atoms with van der Waals surface area (Å²) >= 11 is 9.55. The second kappa shape index (κ2) is 9.64. The fourth-order valence-corrected chi connectivity index (χ4v) is 3.20. The monoisotopic (exact) mass is 494 g/mol. The molecule has 0 aliphatic carbocycles. The van der Waals surface area contributed by atoms with Crippen molar-refractivity contribution in [1.29, 1.82) is 0 Å². The van der Waals surface area contributed by atoms with E-state index >= 15 is 0 Å². The van der Waals surface area contributed by atoms with Gasteiger partial charge in [-0.05, 0) is 48.9 Å². The molecule has 0 saturated carbocycles. The van der Waals surface area contributed by atoms with Crippen LogP contribution in [0.15, 0.2) is 50.4 Å². The maximum absolute atomic E-state index is 12.3. The molecule has 0 aliphatic rings. The number of fused-ring (bicyclic) bond motifs is 1. The number of hydrogen-bond donors (Lipinski definition) is 2. The van der Waals surface area contributed by atoms with E-state index < -0.39 is 18.5 Å². The molecule has 1 amide bonds. The van der Waals surface area contributed by atoms with Crippen LogP contribution in [0.25, 0.3) is 11.0 Å². The lowest BCUT2D eigenvalue weighted by Gasteiger charge is -2.13. The van der Waals surface area contributed by atoms with Crippen molar-refractivity contribution >= 4 is 56.6 Å². The Bertz CT molecular complexity index is 1130. The molecule has 0 aliphatic heterocycles. The predicted octanol–water partition coefficient (Wildman–Crippen LogP) is 4.47. The minimum Gasteiger partial charge on any atom is -0.490 e. The summed E-state index contributed by atoms with van der Waals surface area (Å²) in [6.07, 6.45) is 1.37. The third-order valence-corrected chi connectivity index (χ3v) is 4.53. The molecule has 0 spiro atoms. The molecule has 1 aromatic heterocycles. The Hall–Kier alpha value is -3.04. The van der Waals surface area contributed by atoms with E-state index in [9.17, 15) is 9.59 Å². The first-order valence-corrected chi connectivity index (χ1v) is 9.88. The zero-order valence-electron chi connectivity index (χ0n) is 15.6. The molecule has 30 heavy (non-hydrogen) atoms. The second-order valence-electron chi connectivity index (χ2n) is 5.94. The number of carbonyl (C=O) groups is 2. The summed E-state index contributed by atoms with van der Waals surface area (Å²) in [6.45, 7) is 1.53. The average molecular weight is 496 g/mol. The topological polar surface area (TPSA) is 110 Å². The van der Waals surface area contributed by atoms with Crippen LogP contribution >= 0.6 is 27.5 Å². The van der Waals surface area contributed by atoms with Crippen LogP contribution in [0.1, 0.15) is 23.0 Å². The fraction of sp³-hybridized carbons (Fsp3) is 0.150. The van der Waals surface area contributed by atoms with Crippen LogP contribution in [0, 0.1) is 0 Å². The van der Waals surface area contributed by atoms with E-state index in [0.717, 1.165) is 9.86 Å². The SMILES string of the molecule is CCOc1cc(/C=N/NC(=O)c2cc3cc(Br)ccc3o2)cc(Cl)c1OCC(=O)O. The molecule has 0 bridgehead atoms. The number of nitrogens with one attached hydrogen (secondary N) is 1. The van der Waals surface area contributed by atoms with Crippen molar-refractivity contribution in [2.45, 2.75) is 6.92 Å². The Morgan fingerprint density at radius 2 is 2.07 bits per heavy atom. The number of carboxylic acids is 1. The standard InChI is InChI=1S/C20H16BrClN2O6/c1-2-28-16-6-11(5-14(22)19(16)29-10-18(25)26)9-23-24-20(27)17-8-12-7-13(21)3-4-15(12)30-17/h3-9H,2,10H2,1H3,(H,24,27)(H,25,26)/b23-9+.